The van der Waals surface area contributed by atoms with Crippen molar-refractivity contribution in [3.63, 3.8) is 0 Å². The van der Waals surface area contributed by atoms with E-state index in [1.54, 1.807) is 0 Å². The smallest absolute Gasteiger partial charge is 0.249 e. The number of piperidine rings is 1. The van der Waals surface area contributed by atoms with Crippen LogP contribution in [0.15, 0.2) is 24.3 Å². The first-order valence-electron chi connectivity index (χ1n) is 8.52. The predicted molar refractivity (Wildman–Crippen MR) is 86.3 cm³/mol. The average Bonchev–Trinajstić information content (AvgIpc) is 3.38. The lowest BCUT2D eigenvalue weighted by molar-refractivity contribution is -0.133. The number of nitrogens with one attached hydrogen (secondary N) is 1. The van der Waals surface area contributed by atoms with Crippen LogP contribution >= 0.6 is 0 Å². The van der Waals surface area contributed by atoms with Crippen LogP contribution in [0.4, 0.5) is 4.39 Å². The van der Waals surface area contributed by atoms with E-state index in [0.717, 1.165) is 44.3 Å². The minimum atomic E-state index is -0.890. The summed E-state index contributed by atoms with van der Waals surface area (Å²) in [6.07, 6.45) is 2.80. The Morgan fingerprint density at radius 1 is 1.22 bits per heavy atom. The number of likely N-dealkylation sites (tertiary alicyclic amines) is 1. The van der Waals surface area contributed by atoms with E-state index in [9.17, 15) is 14.3 Å². The Bertz CT molecular complexity index is 536. The van der Waals surface area contributed by atoms with E-state index in [0.29, 0.717) is 0 Å². The number of amides is 1. The first-order chi connectivity index (χ1) is 11.0. The van der Waals surface area contributed by atoms with Gasteiger partial charge in [-0.25, -0.2) is 4.39 Å². The highest BCUT2D eigenvalue weighted by molar-refractivity contribution is 5.81. The molecule has 23 heavy (non-hydrogen) atoms. The van der Waals surface area contributed by atoms with E-state index in [1.165, 1.54) is 12.1 Å². The molecule has 4 nitrogen and oxygen atoms in total. The van der Waals surface area contributed by atoms with Gasteiger partial charge in [-0.3, -0.25) is 9.69 Å². The van der Waals surface area contributed by atoms with Gasteiger partial charge in [0.05, 0.1) is 0 Å². The van der Waals surface area contributed by atoms with Crippen molar-refractivity contribution in [3.8, 4) is 0 Å². The zero-order valence-corrected chi connectivity index (χ0v) is 13.5. The number of hydrogen-bond donors (Lipinski definition) is 2. The molecule has 126 valence electrons. The highest BCUT2D eigenvalue weighted by atomic mass is 19.1. The van der Waals surface area contributed by atoms with Gasteiger partial charge >= 0.3 is 0 Å². The van der Waals surface area contributed by atoms with E-state index in [2.05, 4.69) is 17.1 Å². The van der Waals surface area contributed by atoms with Crippen molar-refractivity contribution >= 4 is 5.91 Å². The third-order valence-corrected chi connectivity index (χ3v) is 5.11. The topological polar surface area (TPSA) is 52.6 Å². The summed E-state index contributed by atoms with van der Waals surface area (Å²) in [5, 5.41) is 13.1. The number of nitrogens with zero attached hydrogens (tertiary/aromatic N) is 1. The molecule has 0 spiro atoms. The Balaban J connectivity index is 1.51. The number of aliphatic hydroxyl groups is 1. The highest BCUT2D eigenvalue weighted by Gasteiger charge is 2.33. The van der Waals surface area contributed by atoms with Gasteiger partial charge in [-0.05, 0) is 69.3 Å². The number of benzene rings is 1. The maximum absolute atomic E-state index is 13.0. The molecule has 2 fully saturated rings. The lowest BCUT2D eigenvalue weighted by Gasteiger charge is -2.37. The van der Waals surface area contributed by atoms with Crippen LogP contribution in [-0.2, 0) is 4.79 Å². The molecular weight excluding hydrogens is 295 g/mol. The zero-order chi connectivity index (χ0) is 16.4. The van der Waals surface area contributed by atoms with Crippen LogP contribution in [0, 0.1) is 11.7 Å². The predicted octanol–water partition coefficient (Wildman–Crippen LogP) is 2.24. The van der Waals surface area contributed by atoms with E-state index >= 15 is 0 Å². The fourth-order valence-electron chi connectivity index (χ4n) is 3.30. The average molecular weight is 320 g/mol. The second-order valence-electron chi connectivity index (χ2n) is 6.83. The molecule has 1 aromatic rings. The minimum Gasteiger partial charge on any atom is -0.383 e. The summed E-state index contributed by atoms with van der Waals surface area (Å²) >= 11 is 0. The van der Waals surface area contributed by atoms with Crippen LogP contribution in [0.2, 0.25) is 0 Å². The summed E-state index contributed by atoms with van der Waals surface area (Å²) in [6.45, 7) is 3.80. The maximum atomic E-state index is 13.0. The van der Waals surface area contributed by atoms with Gasteiger partial charge in [-0.15, -0.1) is 0 Å². The van der Waals surface area contributed by atoms with Crippen LogP contribution in [-0.4, -0.2) is 41.1 Å². The van der Waals surface area contributed by atoms with Gasteiger partial charge in [0.15, 0.2) is 0 Å². The molecule has 1 heterocycles. The summed E-state index contributed by atoms with van der Waals surface area (Å²) in [4.78, 5) is 14.3. The quantitative estimate of drug-likeness (QED) is 0.875. The van der Waals surface area contributed by atoms with Gasteiger partial charge in [-0.1, -0.05) is 12.1 Å². The van der Waals surface area contributed by atoms with Gasteiger partial charge in [0, 0.05) is 12.1 Å². The fraction of sp³-hybridized carbons (Fsp3) is 0.611. The first kappa shape index (κ1) is 16.4. The summed E-state index contributed by atoms with van der Waals surface area (Å²) in [5.74, 6) is -0.396. The first-order valence-corrected chi connectivity index (χ1v) is 8.52. The van der Waals surface area contributed by atoms with Crippen LogP contribution in [0.3, 0.4) is 0 Å². The largest absolute Gasteiger partial charge is 0.383 e. The molecule has 2 atom stereocenters. The summed E-state index contributed by atoms with van der Waals surface area (Å²) in [5.41, 5.74) is 1.09. The Hall–Kier alpha value is -1.46. The zero-order valence-electron chi connectivity index (χ0n) is 13.5. The molecule has 0 unspecified atom stereocenters. The van der Waals surface area contributed by atoms with Gasteiger partial charge in [0.1, 0.15) is 11.9 Å². The van der Waals surface area contributed by atoms with E-state index < -0.39 is 6.10 Å². The van der Waals surface area contributed by atoms with Gasteiger partial charge < -0.3 is 10.4 Å². The molecule has 0 radical (unpaired) electrons. The van der Waals surface area contributed by atoms with Crippen LogP contribution in [0.5, 0.6) is 0 Å². The molecule has 2 N–H and O–H groups in total. The summed E-state index contributed by atoms with van der Waals surface area (Å²) in [7, 11) is 0. The fourth-order valence-corrected chi connectivity index (χ4v) is 3.30. The molecule has 1 aliphatic carbocycles. The molecule has 3 rings (SSSR count). The van der Waals surface area contributed by atoms with Crippen molar-refractivity contribution in [3.05, 3.63) is 35.6 Å². The lowest BCUT2D eigenvalue weighted by Crippen LogP contribution is -2.45. The number of rotatable bonds is 5. The van der Waals surface area contributed by atoms with Gasteiger partial charge in [0.25, 0.3) is 0 Å². The number of carbonyl (C=O) groups excluding carboxylic acids is 1. The molecule has 1 aliphatic heterocycles. The molecule has 5 heteroatoms. The standard InChI is InChI=1S/C18H25FN2O2/c1-12(13-2-4-15(19)5-3-13)21-10-8-14(9-11-21)17(22)18(23)20-16-6-7-16/h2-5,12,14,16-17,22H,6-11H2,1H3,(H,20,23)/t12-,17+/m0/s1. The molecule has 1 aromatic carbocycles. The second kappa shape index (κ2) is 6.97. The van der Waals surface area contributed by atoms with Crippen molar-refractivity contribution < 1.29 is 14.3 Å². The summed E-state index contributed by atoms with van der Waals surface area (Å²) in [6, 6.07) is 7.13. The van der Waals surface area contributed by atoms with Crippen LogP contribution in [0.1, 0.15) is 44.2 Å². The van der Waals surface area contributed by atoms with Crippen molar-refractivity contribution in [2.75, 3.05) is 13.1 Å². The maximum Gasteiger partial charge on any atom is 0.249 e. The van der Waals surface area contributed by atoms with Crippen molar-refractivity contribution in [1.82, 2.24) is 10.2 Å². The Morgan fingerprint density at radius 3 is 2.39 bits per heavy atom. The van der Waals surface area contributed by atoms with Crippen LogP contribution < -0.4 is 5.32 Å². The summed E-state index contributed by atoms with van der Waals surface area (Å²) < 4.78 is 13.0. The van der Waals surface area contributed by atoms with Gasteiger partial charge in [0.2, 0.25) is 5.91 Å². The normalized spacial score (nSPS) is 22.6. The third kappa shape index (κ3) is 4.09. The Kier molecular flexibility index (Phi) is 4.97. The Morgan fingerprint density at radius 2 is 1.83 bits per heavy atom. The number of halogens is 1. The minimum absolute atomic E-state index is 0.0328. The lowest BCUT2D eigenvalue weighted by atomic mass is 9.89. The van der Waals surface area contributed by atoms with E-state index in [4.69, 9.17) is 0 Å². The van der Waals surface area contributed by atoms with E-state index in [1.807, 2.05) is 12.1 Å². The highest BCUT2D eigenvalue weighted by Crippen LogP contribution is 2.28. The molecule has 1 saturated carbocycles. The molecule has 2 aliphatic rings. The van der Waals surface area contributed by atoms with Gasteiger partial charge in [-0.2, -0.15) is 0 Å². The molecule has 0 aromatic heterocycles. The molecule has 0 bridgehead atoms. The molecular formula is C18H25FN2O2. The van der Waals surface area contributed by atoms with Crippen molar-refractivity contribution in [1.29, 1.82) is 0 Å². The van der Waals surface area contributed by atoms with Crippen molar-refractivity contribution in [2.24, 2.45) is 5.92 Å². The monoisotopic (exact) mass is 320 g/mol. The van der Waals surface area contributed by atoms with Crippen LogP contribution in [0.25, 0.3) is 0 Å². The molecule has 1 saturated heterocycles. The Labute approximate surface area is 136 Å². The number of aliphatic hydroxyl groups excluding tert-OH is 1. The number of carbonyl (C=O) groups is 1. The van der Waals surface area contributed by atoms with E-state index in [-0.39, 0.29) is 29.7 Å². The third-order valence-electron chi connectivity index (χ3n) is 5.11. The van der Waals surface area contributed by atoms with Crippen molar-refractivity contribution in [2.45, 2.75) is 50.8 Å². The molecule has 1 amide bonds. The SMILES string of the molecule is C[C@@H](c1ccc(F)cc1)N1CCC([C@@H](O)C(=O)NC2CC2)CC1. The second-order valence-corrected chi connectivity index (χ2v) is 6.83. The number of hydrogen-bond acceptors (Lipinski definition) is 3.